The van der Waals surface area contributed by atoms with Gasteiger partial charge in [-0.05, 0) is 75.1 Å². The average molecular weight is 524 g/mol. The fraction of sp³-hybridized carbons (Fsp3) is 0.556. The van der Waals surface area contributed by atoms with E-state index in [0.717, 1.165) is 38.2 Å². The van der Waals surface area contributed by atoms with Crippen LogP contribution >= 0.6 is 0 Å². The van der Waals surface area contributed by atoms with Crippen molar-refractivity contribution in [3.8, 4) is 0 Å². The lowest BCUT2D eigenvalue weighted by Gasteiger charge is -2.38. The van der Waals surface area contributed by atoms with Gasteiger partial charge in [0.05, 0.1) is 0 Å². The average Bonchev–Trinajstić information content (AvgIpc) is 2.81. The van der Waals surface area contributed by atoms with E-state index in [-0.39, 0.29) is 41.6 Å². The third-order valence-electron chi connectivity index (χ3n) is 6.30. The van der Waals surface area contributed by atoms with Crippen LogP contribution in [0.15, 0.2) is 24.3 Å². The molecular formula is C27H36F3N3O4. The number of alkyl halides is 2. The van der Waals surface area contributed by atoms with Gasteiger partial charge in [0.25, 0.3) is 5.90 Å². The molecule has 0 atom stereocenters. The first-order chi connectivity index (χ1) is 17.2. The van der Waals surface area contributed by atoms with E-state index in [1.807, 2.05) is 0 Å². The molecule has 3 N–H and O–H groups in total. The third kappa shape index (κ3) is 8.43. The molecule has 1 aliphatic rings. The van der Waals surface area contributed by atoms with Gasteiger partial charge >= 0.3 is 12.5 Å². The first-order valence-electron chi connectivity index (χ1n) is 12.3. The largest absolute Gasteiger partial charge is 0.444 e. The van der Waals surface area contributed by atoms with Crippen LogP contribution in [0.3, 0.4) is 0 Å². The molecule has 1 aromatic rings. The molecule has 7 nitrogen and oxygen atoms in total. The van der Waals surface area contributed by atoms with Crippen molar-refractivity contribution in [3.05, 3.63) is 46.8 Å². The van der Waals surface area contributed by atoms with Gasteiger partial charge in [0.2, 0.25) is 5.90 Å². The molecule has 2 rings (SSSR count). The summed E-state index contributed by atoms with van der Waals surface area (Å²) in [5.41, 5.74) is -1.03. The lowest BCUT2D eigenvalue weighted by Crippen LogP contribution is -2.42. The van der Waals surface area contributed by atoms with Gasteiger partial charge in [0, 0.05) is 17.7 Å². The molecule has 10 heteroatoms. The van der Waals surface area contributed by atoms with Crippen LogP contribution < -0.4 is 5.32 Å². The summed E-state index contributed by atoms with van der Waals surface area (Å²) in [6.45, 7) is 11.2. The van der Waals surface area contributed by atoms with E-state index in [0.29, 0.717) is 0 Å². The molecule has 204 valence electrons. The van der Waals surface area contributed by atoms with Crippen LogP contribution in [0.25, 0.3) is 0 Å². The zero-order valence-electron chi connectivity index (χ0n) is 21.9. The summed E-state index contributed by atoms with van der Waals surface area (Å²) >= 11 is 0. The minimum atomic E-state index is -3.23. The summed E-state index contributed by atoms with van der Waals surface area (Å²) in [6, 6.07) is 2.13. The SMILES string of the molecule is C=C(CC1(CNC(=O)OC(C)(C)C)CCCCC1)C(=O)c1cc(C(=N)OC(=N)C(F)F)cc(F)c1CC. The molecular weight excluding hydrogens is 487 g/mol. The molecule has 1 fully saturated rings. The Morgan fingerprint density at radius 1 is 1.16 bits per heavy atom. The molecule has 0 heterocycles. The first kappa shape index (κ1) is 30.1. The number of alkyl carbamates (subject to hydrolysis) is 1. The summed E-state index contributed by atoms with van der Waals surface area (Å²) in [4.78, 5) is 25.7. The number of nitrogens with one attached hydrogen (secondary N) is 3. The van der Waals surface area contributed by atoms with Gasteiger partial charge in [0.1, 0.15) is 11.4 Å². The topological polar surface area (TPSA) is 112 Å². The van der Waals surface area contributed by atoms with Crippen LogP contribution in [0.1, 0.15) is 87.7 Å². The van der Waals surface area contributed by atoms with Crippen LogP contribution in [0.4, 0.5) is 18.0 Å². The first-order valence-corrected chi connectivity index (χ1v) is 12.3. The highest BCUT2D eigenvalue weighted by atomic mass is 19.3. The maximum absolute atomic E-state index is 14.9. The van der Waals surface area contributed by atoms with Gasteiger partial charge < -0.3 is 14.8 Å². The summed E-state index contributed by atoms with van der Waals surface area (Å²) in [6.07, 6.45) is 1.06. The minimum absolute atomic E-state index is 0.0366. The number of carbonyl (C=O) groups excluding carboxylic acids is 2. The number of amides is 1. The Bertz CT molecular complexity index is 1060. The van der Waals surface area contributed by atoms with Crippen LogP contribution in [0.2, 0.25) is 0 Å². The highest BCUT2D eigenvalue weighted by Gasteiger charge is 2.35. The molecule has 1 aliphatic carbocycles. The third-order valence-corrected chi connectivity index (χ3v) is 6.30. The van der Waals surface area contributed by atoms with Crippen molar-refractivity contribution in [2.45, 2.75) is 84.7 Å². The molecule has 1 saturated carbocycles. The van der Waals surface area contributed by atoms with E-state index in [1.54, 1.807) is 27.7 Å². The Balaban J connectivity index is 2.28. The van der Waals surface area contributed by atoms with Gasteiger partial charge in [-0.3, -0.25) is 15.6 Å². The van der Waals surface area contributed by atoms with Crippen molar-refractivity contribution in [1.82, 2.24) is 5.32 Å². The summed E-state index contributed by atoms with van der Waals surface area (Å²) in [5.74, 6) is -3.63. The second-order valence-corrected chi connectivity index (χ2v) is 10.5. The highest BCUT2D eigenvalue weighted by Crippen LogP contribution is 2.41. The molecule has 0 saturated heterocycles. The Hall–Kier alpha value is -3.17. The molecule has 37 heavy (non-hydrogen) atoms. The molecule has 0 aromatic heterocycles. The summed E-state index contributed by atoms with van der Waals surface area (Å²) in [7, 11) is 0. The number of ketones is 1. The normalized spacial score (nSPS) is 15.1. The molecule has 0 bridgehead atoms. The summed E-state index contributed by atoms with van der Waals surface area (Å²) < 4.78 is 50.0. The van der Waals surface area contributed by atoms with Crippen molar-refractivity contribution in [2.75, 3.05) is 6.54 Å². The van der Waals surface area contributed by atoms with E-state index in [9.17, 15) is 22.8 Å². The Kier molecular flexibility index (Phi) is 10.1. The van der Waals surface area contributed by atoms with Crippen LogP contribution in [-0.2, 0) is 15.9 Å². The monoisotopic (exact) mass is 523 g/mol. The molecule has 0 radical (unpaired) electrons. The Morgan fingerprint density at radius 2 is 1.78 bits per heavy atom. The number of benzene rings is 1. The second-order valence-electron chi connectivity index (χ2n) is 10.5. The second kappa shape index (κ2) is 12.4. The highest BCUT2D eigenvalue weighted by molar-refractivity contribution is 6.11. The minimum Gasteiger partial charge on any atom is -0.444 e. The van der Waals surface area contributed by atoms with Crippen LogP contribution in [0, 0.1) is 22.1 Å². The van der Waals surface area contributed by atoms with Crippen molar-refractivity contribution >= 4 is 23.7 Å². The lowest BCUT2D eigenvalue weighted by atomic mass is 9.69. The van der Waals surface area contributed by atoms with Crippen molar-refractivity contribution < 1.29 is 32.2 Å². The van der Waals surface area contributed by atoms with Gasteiger partial charge in [-0.25, -0.2) is 9.18 Å². The number of rotatable bonds is 9. The molecule has 0 spiro atoms. The van der Waals surface area contributed by atoms with E-state index in [4.69, 9.17) is 15.6 Å². The Morgan fingerprint density at radius 3 is 2.32 bits per heavy atom. The lowest BCUT2D eigenvalue weighted by molar-refractivity contribution is 0.0482. The van der Waals surface area contributed by atoms with Crippen LogP contribution in [0.5, 0.6) is 0 Å². The maximum atomic E-state index is 14.9. The van der Waals surface area contributed by atoms with E-state index < -0.39 is 46.9 Å². The van der Waals surface area contributed by atoms with Crippen LogP contribution in [-0.4, -0.2) is 42.2 Å². The summed E-state index contributed by atoms with van der Waals surface area (Å²) in [5, 5.41) is 17.8. The molecule has 1 aromatic carbocycles. The van der Waals surface area contributed by atoms with Crippen molar-refractivity contribution in [1.29, 1.82) is 10.8 Å². The smallest absolute Gasteiger partial charge is 0.407 e. The standard InChI is InChI=1S/C27H36F3N3O4/c1-6-18-19(12-17(13-20(18)28)23(31)36-24(32)22(29)30)21(34)16(2)14-27(10-8-7-9-11-27)15-33-25(35)37-26(3,4)5/h12-13,22,31-32H,2,6-11,14-15H2,1,3-5H3,(H,33,35). The van der Waals surface area contributed by atoms with Gasteiger partial charge in [-0.15, -0.1) is 0 Å². The van der Waals surface area contributed by atoms with Crippen molar-refractivity contribution in [3.63, 3.8) is 0 Å². The van der Waals surface area contributed by atoms with E-state index in [1.165, 1.54) is 6.07 Å². The number of allylic oxidation sites excluding steroid dienone is 1. The van der Waals surface area contributed by atoms with E-state index >= 15 is 0 Å². The maximum Gasteiger partial charge on any atom is 0.407 e. The predicted molar refractivity (Wildman–Crippen MR) is 135 cm³/mol. The fourth-order valence-electron chi connectivity index (χ4n) is 4.56. The van der Waals surface area contributed by atoms with Gasteiger partial charge in [-0.2, -0.15) is 8.78 Å². The Labute approximate surface area is 215 Å². The number of hydrogen-bond acceptors (Lipinski definition) is 6. The van der Waals surface area contributed by atoms with Gasteiger partial charge in [-0.1, -0.05) is 32.8 Å². The number of Topliss-reactive ketones (excluding diaryl/α,β-unsaturated/α-hetero) is 1. The number of ether oxygens (including phenoxy) is 2. The van der Waals surface area contributed by atoms with Crippen molar-refractivity contribution in [2.24, 2.45) is 5.41 Å². The number of halogens is 3. The predicted octanol–water partition coefficient (Wildman–Crippen LogP) is 6.58. The molecule has 0 unspecified atom stereocenters. The zero-order valence-corrected chi connectivity index (χ0v) is 21.9. The number of carbonyl (C=O) groups is 2. The zero-order chi connectivity index (χ0) is 28.0. The molecule has 1 amide bonds. The number of hydrogen-bond donors (Lipinski definition) is 3. The fourth-order valence-corrected chi connectivity index (χ4v) is 4.56. The molecule has 0 aliphatic heterocycles. The van der Waals surface area contributed by atoms with Gasteiger partial charge in [0.15, 0.2) is 5.78 Å². The quantitative estimate of drug-likeness (QED) is 0.147. The van der Waals surface area contributed by atoms with E-state index in [2.05, 4.69) is 16.6 Å².